The molecule has 3 heteroatoms. The second-order valence-corrected chi connectivity index (χ2v) is 6.17. The average Bonchev–Trinajstić information content (AvgIpc) is 2.39. The largest absolute Gasteiger partial charge is 0.327 e. The zero-order chi connectivity index (χ0) is 15.6. The Hall–Kier alpha value is -1.38. The molecule has 1 atom stereocenters. The second-order valence-electron chi connectivity index (χ2n) is 5.76. The van der Waals surface area contributed by atoms with Gasteiger partial charge in [0.25, 0.3) is 0 Å². The molecule has 1 nitrogen and oxygen atoms in total. The van der Waals surface area contributed by atoms with Crippen molar-refractivity contribution in [1.82, 2.24) is 0 Å². The van der Waals surface area contributed by atoms with Crippen molar-refractivity contribution in [2.24, 2.45) is 5.73 Å². The van der Waals surface area contributed by atoms with Crippen molar-refractivity contribution in [3.8, 4) is 0 Å². The molecule has 0 heterocycles. The van der Waals surface area contributed by atoms with Gasteiger partial charge in [-0.15, -0.1) is 0 Å². The molecule has 2 rings (SSSR count). The van der Waals surface area contributed by atoms with E-state index >= 15 is 0 Å². The van der Waals surface area contributed by atoms with E-state index in [1.165, 1.54) is 22.3 Å². The summed E-state index contributed by atoms with van der Waals surface area (Å²) >= 11 is 5.81. The molecule has 0 radical (unpaired) electrons. The number of benzene rings is 2. The lowest BCUT2D eigenvalue weighted by Crippen LogP contribution is -2.26. The van der Waals surface area contributed by atoms with E-state index in [0.717, 1.165) is 6.42 Å². The highest BCUT2D eigenvalue weighted by atomic mass is 35.5. The molecule has 0 aliphatic carbocycles. The molecule has 112 valence electrons. The molecule has 0 amide bonds. The molecule has 0 bridgehead atoms. The van der Waals surface area contributed by atoms with Gasteiger partial charge in [-0.1, -0.05) is 41.4 Å². The minimum Gasteiger partial charge on any atom is -0.327 e. The van der Waals surface area contributed by atoms with Gasteiger partial charge in [-0.3, -0.25) is 0 Å². The average molecular weight is 306 g/mol. The lowest BCUT2D eigenvalue weighted by molar-refractivity contribution is 0.583. The van der Waals surface area contributed by atoms with E-state index < -0.39 is 0 Å². The van der Waals surface area contributed by atoms with Gasteiger partial charge in [-0.25, -0.2) is 4.39 Å². The van der Waals surface area contributed by atoms with Gasteiger partial charge in [0.15, 0.2) is 0 Å². The maximum atomic E-state index is 13.9. The van der Waals surface area contributed by atoms with Crippen molar-refractivity contribution in [2.75, 3.05) is 0 Å². The van der Waals surface area contributed by atoms with Crippen LogP contribution in [0.3, 0.4) is 0 Å². The molecule has 0 spiro atoms. The lowest BCUT2D eigenvalue weighted by atomic mass is 9.92. The van der Waals surface area contributed by atoms with Crippen molar-refractivity contribution in [2.45, 2.75) is 39.7 Å². The van der Waals surface area contributed by atoms with E-state index in [2.05, 4.69) is 32.9 Å². The topological polar surface area (TPSA) is 26.0 Å². The van der Waals surface area contributed by atoms with Crippen molar-refractivity contribution >= 4 is 11.6 Å². The predicted molar refractivity (Wildman–Crippen MR) is 87.4 cm³/mol. The first-order valence-corrected chi connectivity index (χ1v) is 7.51. The summed E-state index contributed by atoms with van der Waals surface area (Å²) in [5.41, 5.74) is 11.8. The van der Waals surface area contributed by atoms with Crippen LogP contribution in [-0.2, 0) is 12.8 Å². The van der Waals surface area contributed by atoms with Gasteiger partial charge in [-0.05, 0) is 61.9 Å². The van der Waals surface area contributed by atoms with E-state index in [1.807, 2.05) is 0 Å². The summed E-state index contributed by atoms with van der Waals surface area (Å²) in [4.78, 5) is 0. The third-order valence-corrected chi connectivity index (χ3v) is 4.11. The third kappa shape index (κ3) is 3.84. The standard InChI is InChI=1S/C18H21ClFN/c1-11-7-12(2)16(13(3)8-11)10-15(21)9-14-5-4-6-17(19)18(14)20/h4-8,15H,9-10,21H2,1-3H3. The summed E-state index contributed by atoms with van der Waals surface area (Å²) < 4.78 is 13.9. The van der Waals surface area contributed by atoms with Crippen LogP contribution in [0.2, 0.25) is 5.02 Å². The maximum Gasteiger partial charge on any atom is 0.145 e. The van der Waals surface area contributed by atoms with Crippen LogP contribution in [-0.4, -0.2) is 6.04 Å². The Kier molecular flexibility index (Phi) is 5.02. The predicted octanol–water partition coefficient (Wildman–Crippen LogP) is 4.52. The van der Waals surface area contributed by atoms with Crippen LogP contribution >= 0.6 is 11.6 Å². The molecule has 0 aliphatic rings. The van der Waals surface area contributed by atoms with Gasteiger partial charge >= 0.3 is 0 Å². The second kappa shape index (κ2) is 6.59. The van der Waals surface area contributed by atoms with Crippen LogP contribution in [0.25, 0.3) is 0 Å². The Morgan fingerprint density at radius 3 is 2.33 bits per heavy atom. The summed E-state index contributed by atoms with van der Waals surface area (Å²) in [7, 11) is 0. The Balaban J connectivity index is 2.16. The molecule has 1 unspecified atom stereocenters. The summed E-state index contributed by atoms with van der Waals surface area (Å²) in [6.45, 7) is 6.29. The van der Waals surface area contributed by atoms with E-state index in [1.54, 1.807) is 18.2 Å². The van der Waals surface area contributed by atoms with Crippen LogP contribution in [0.15, 0.2) is 30.3 Å². The summed E-state index contributed by atoms with van der Waals surface area (Å²) in [5, 5.41) is 0.155. The monoisotopic (exact) mass is 305 g/mol. The molecule has 0 saturated carbocycles. The first kappa shape index (κ1) is 16.0. The lowest BCUT2D eigenvalue weighted by Gasteiger charge is -2.17. The molecule has 0 aromatic heterocycles. The quantitative estimate of drug-likeness (QED) is 0.883. The number of nitrogens with two attached hydrogens (primary N) is 1. The minimum atomic E-state index is -0.355. The first-order valence-electron chi connectivity index (χ1n) is 7.13. The van der Waals surface area contributed by atoms with Crippen LogP contribution in [0.1, 0.15) is 27.8 Å². The number of hydrogen-bond acceptors (Lipinski definition) is 1. The smallest absolute Gasteiger partial charge is 0.145 e. The fraction of sp³-hybridized carbons (Fsp3) is 0.333. The molecule has 2 N–H and O–H groups in total. The number of halogens is 2. The summed E-state index contributed by atoms with van der Waals surface area (Å²) in [5.74, 6) is -0.355. The highest BCUT2D eigenvalue weighted by Gasteiger charge is 2.13. The van der Waals surface area contributed by atoms with E-state index in [4.69, 9.17) is 17.3 Å². The molecular formula is C18H21ClFN. The first-order chi connectivity index (χ1) is 9.88. The van der Waals surface area contributed by atoms with Gasteiger partial charge in [0.2, 0.25) is 0 Å². The van der Waals surface area contributed by atoms with Gasteiger partial charge in [-0.2, -0.15) is 0 Å². The molecule has 0 aliphatic heterocycles. The van der Waals surface area contributed by atoms with Gasteiger partial charge < -0.3 is 5.73 Å². The molecule has 2 aromatic rings. The Morgan fingerprint density at radius 1 is 1.10 bits per heavy atom. The minimum absolute atomic E-state index is 0.127. The SMILES string of the molecule is Cc1cc(C)c(CC(N)Cc2cccc(Cl)c2F)c(C)c1. The van der Waals surface area contributed by atoms with E-state index in [-0.39, 0.29) is 16.9 Å². The molecule has 21 heavy (non-hydrogen) atoms. The Labute approximate surface area is 130 Å². The van der Waals surface area contributed by atoms with Crippen LogP contribution in [0.4, 0.5) is 4.39 Å². The molecule has 2 aromatic carbocycles. The normalized spacial score (nSPS) is 12.5. The van der Waals surface area contributed by atoms with E-state index in [9.17, 15) is 4.39 Å². The zero-order valence-electron chi connectivity index (χ0n) is 12.7. The van der Waals surface area contributed by atoms with E-state index in [0.29, 0.717) is 12.0 Å². The molecular weight excluding hydrogens is 285 g/mol. The maximum absolute atomic E-state index is 13.9. The van der Waals surface area contributed by atoms with Crippen molar-refractivity contribution in [1.29, 1.82) is 0 Å². The van der Waals surface area contributed by atoms with Crippen LogP contribution in [0.5, 0.6) is 0 Å². The third-order valence-electron chi connectivity index (χ3n) is 3.82. The van der Waals surface area contributed by atoms with Gasteiger partial charge in [0.05, 0.1) is 5.02 Å². The van der Waals surface area contributed by atoms with Crippen molar-refractivity contribution in [3.05, 3.63) is 69.0 Å². The Bertz CT molecular complexity index is 629. The van der Waals surface area contributed by atoms with Crippen molar-refractivity contribution < 1.29 is 4.39 Å². The fourth-order valence-corrected chi connectivity index (χ4v) is 3.05. The Morgan fingerprint density at radius 2 is 1.71 bits per heavy atom. The molecule has 0 fully saturated rings. The fourth-order valence-electron chi connectivity index (χ4n) is 2.85. The van der Waals surface area contributed by atoms with Crippen LogP contribution < -0.4 is 5.73 Å². The van der Waals surface area contributed by atoms with Crippen molar-refractivity contribution in [3.63, 3.8) is 0 Å². The highest BCUT2D eigenvalue weighted by molar-refractivity contribution is 6.30. The van der Waals surface area contributed by atoms with Crippen LogP contribution in [0, 0.1) is 26.6 Å². The van der Waals surface area contributed by atoms with Gasteiger partial charge in [0, 0.05) is 6.04 Å². The number of rotatable bonds is 4. The summed E-state index contributed by atoms with van der Waals surface area (Å²) in [6.07, 6.45) is 1.23. The highest BCUT2D eigenvalue weighted by Crippen LogP contribution is 2.21. The molecule has 0 saturated heterocycles. The van der Waals surface area contributed by atoms with Gasteiger partial charge in [0.1, 0.15) is 5.82 Å². The summed E-state index contributed by atoms with van der Waals surface area (Å²) in [6, 6.07) is 9.26. The number of hydrogen-bond donors (Lipinski definition) is 1. The number of aryl methyl sites for hydroxylation is 3. The zero-order valence-corrected chi connectivity index (χ0v) is 13.5.